The van der Waals surface area contributed by atoms with Gasteiger partial charge in [0, 0.05) is 39.9 Å². The molecule has 3 aromatic heterocycles. The van der Waals surface area contributed by atoms with Gasteiger partial charge in [-0.15, -0.1) is 0 Å². The van der Waals surface area contributed by atoms with Crippen LogP contribution in [0.5, 0.6) is 0 Å². The summed E-state index contributed by atoms with van der Waals surface area (Å²) in [5, 5.41) is 2.37. The van der Waals surface area contributed by atoms with E-state index in [9.17, 15) is 0 Å². The number of nitrogens with one attached hydrogen (secondary N) is 2. The average Bonchev–Trinajstić information content (AvgIpc) is 3.02. The monoisotopic (exact) mass is 233 g/mol. The third-order valence-electron chi connectivity index (χ3n) is 3.27. The number of pyridine rings is 1. The highest BCUT2D eigenvalue weighted by Crippen LogP contribution is 2.29. The van der Waals surface area contributed by atoms with Crippen LogP contribution >= 0.6 is 0 Å². The van der Waals surface area contributed by atoms with Crippen LogP contribution in [-0.4, -0.2) is 15.0 Å². The summed E-state index contributed by atoms with van der Waals surface area (Å²) in [6.07, 6.45) is 3.80. The lowest BCUT2D eigenvalue weighted by Gasteiger charge is -1.94. The van der Waals surface area contributed by atoms with E-state index in [-0.39, 0.29) is 0 Å². The number of hydrogen-bond acceptors (Lipinski definition) is 1. The molecule has 3 heteroatoms. The molecule has 0 spiro atoms. The molecule has 0 saturated heterocycles. The van der Waals surface area contributed by atoms with E-state index in [1.54, 1.807) is 6.20 Å². The number of fused-ring (bicyclic) bond motifs is 2. The van der Waals surface area contributed by atoms with E-state index in [1.165, 1.54) is 5.39 Å². The highest BCUT2D eigenvalue weighted by atomic mass is 14.8. The first-order valence-corrected chi connectivity index (χ1v) is 5.92. The molecule has 3 nitrogen and oxygen atoms in total. The summed E-state index contributed by atoms with van der Waals surface area (Å²) in [5.74, 6) is 0. The summed E-state index contributed by atoms with van der Waals surface area (Å²) in [6.45, 7) is 0. The van der Waals surface area contributed by atoms with Crippen molar-refractivity contribution in [2.24, 2.45) is 0 Å². The molecular weight excluding hydrogens is 222 g/mol. The van der Waals surface area contributed by atoms with Crippen LogP contribution in [0.15, 0.2) is 54.9 Å². The summed E-state index contributed by atoms with van der Waals surface area (Å²) in [4.78, 5) is 11.0. The molecule has 0 fully saturated rings. The minimum Gasteiger partial charge on any atom is -0.354 e. The molecule has 0 atom stereocenters. The van der Waals surface area contributed by atoms with Gasteiger partial charge < -0.3 is 9.97 Å². The van der Waals surface area contributed by atoms with Gasteiger partial charge in [0.15, 0.2) is 0 Å². The average molecular weight is 233 g/mol. The maximum Gasteiger partial charge on any atom is 0.137 e. The van der Waals surface area contributed by atoms with Gasteiger partial charge in [-0.3, -0.25) is 0 Å². The minimum atomic E-state index is 0.922. The molecule has 0 amide bonds. The van der Waals surface area contributed by atoms with Crippen LogP contribution in [0.1, 0.15) is 0 Å². The van der Waals surface area contributed by atoms with Crippen molar-refractivity contribution in [2.75, 3.05) is 0 Å². The van der Waals surface area contributed by atoms with Crippen molar-refractivity contribution in [1.82, 2.24) is 15.0 Å². The summed E-state index contributed by atoms with van der Waals surface area (Å²) in [6, 6.07) is 14.5. The number of nitrogens with zero attached hydrogens (tertiary/aromatic N) is 1. The fourth-order valence-electron chi connectivity index (χ4n) is 2.40. The third-order valence-corrected chi connectivity index (χ3v) is 3.27. The number of aromatic nitrogens is 3. The van der Waals surface area contributed by atoms with E-state index in [0.717, 1.165) is 27.8 Å². The summed E-state index contributed by atoms with van der Waals surface area (Å²) >= 11 is 0. The number of rotatable bonds is 1. The van der Waals surface area contributed by atoms with Gasteiger partial charge >= 0.3 is 0 Å². The van der Waals surface area contributed by atoms with Crippen molar-refractivity contribution < 1.29 is 0 Å². The van der Waals surface area contributed by atoms with Crippen molar-refractivity contribution >= 4 is 21.9 Å². The van der Waals surface area contributed by atoms with Crippen molar-refractivity contribution in [3.8, 4) is 11.3 Å². The van der Waals surface area contributed by atoms with E-state index >= 15 is 0 Å². The van der Waals surface area contributed by atoms with Crippen LogP contribution in [0.4, 0.5) is 0 Å². The maximum absolute atomic E-state index is 4.31. The molecule has 0 aliphatic carbocycles. The Morgan fingerprint density at radius 1 is 1.00 bits per heavy atom. The van der Waals surface area contributed by atoms with Gasteiger partial charge in [-0.05, 0) is 24.3 Å². The largest absolute Gasteiger partial charge is 0.354 e. The van der Waals surface area contributed by atoms with Crippen LogP contribution < -0.4 is 0 Å². The Morgan fingerprint density at radius 3 is 2.89 bits per heavy atom. The van der Waals surface area contributed by atoms with Crippen LogP contribution in [0.2, 0.25) is 0 Å². The Hall–Kier alpha value is -2.55. The summed E-state index contributed by atoms with van der Waals surface area (Å²) in [5.41, 5.74) is 4.36. The molecule has 4 aromatic rings. The molecule has 86 valence electrons. The third kappa shape index (κ3) is 1.27. The van der Waals surface area contributed by atoms with Crippen LogP contribution in [0, 0.1) is 0 Å². The van der Waals surface area contributed by atoms with E-state index < -0.39 is 0 Å². The van der Waals surface area contributed by atoms with Crippen molar-refractivity contribution in [3.63, 3.8) is 0 Å². The molecule has 1 aromatic carbocycles. The van der Waals surface area contributed by atoms with Gasteiger partial charge in [0.25, 0.3) is 0 Å². The zero-order valence-electron chi connectivity index (χ0n) is 9.64. The fraction of sp³-hybridized carbons (Fsp3) is 0. The molecule has 0 aliphatic heterocycles. The van der Waals surface area contributed by atoms with Crippen LogP contribution in [0.25, 0.3) is 33.2 Å². The molecule has 3 heterocycles. The normalized spacial score (nSPS) is 11.3. The number of hydrogen-bond donors (Lipinski definition) is 2. The molecule has 18 heavy (non-hydrogen) atoms. The molecule has 0 bridgehead atoms. The quantitative estimate of drug-likeness (QED) is 0.517. The van der Waals surface area contributed by atoms with Crippen molar-refractivity contribution in [1.29, 1.82) is 0 Å². The second kappa shape index (κ2) is 3.47. The van der Waals surface area contributed by atoms with Crippen molar-refractivity contribution in [2.45, 2.75) is 0 Å². The van der Waals surface area contributed by atoms with Gasteiger partial charge in [0.2, 0.25) is 0 Å². The smallest absolute Gasteiger partial charge is 0.137 e. The highest BCUT2D eigenvalue weighted by molar-refractivity contribution is 5.96. The molecule has 0 saturated carbocycles. The van der Waals surface area contributed by atoms with Gasteiger partial charge in [0.1, 0.15) is 5.65 Å². The molecule has 2 N–H and O–H groups in total. The number of para-hydroxylation sites is 1. The topological polar surface area (TPSA) is 44.5 Å². The summed E-state index contributed by atoms with van der Waals surface area (Å²) < 4.78 is 0. The Bertz CT molecular complexity index is 806. The lowest BCUT2D eigenvalue weighted by atomic mass is 10.1. The molecular formula is C15H11N3. The number of H-pyrrole nitrogens is 2. The van der Waals surface area contributed by atoms with Crippen LogP contribution in [0.3, 0.4) is 0 Å². The highest BCUT2D eigenvalue weighted by Gasteiger charge is 2.08. The molecule has 0 radical (unpaired) electrons. The van der Waals surface area contributed by atoms with Gasteiger partial charge in [-0.1, -0.05) is 18.2 Å². The minimum absolute atomic E-state index is 0.922. The lowest BCUT2D eigenvalue weighted by Crippen LogP contribution is -1.75. The van der Waals surface area contributed by atoms with E-state index in [0.29, 0.717) is 0 Å². The zero-order valence-corrected chi connectivity index (χ0v) is 9.64. The first kappa shape index (κ1) is 9.48. The number of benzene rings is 1. The number of aromatic amines is 2. The van der Waals surface area contributed by atoms with E-state index in [4.69, 9.17) is 0 Å². The Kier molecular flexibility index (Phi) is 1.83. The predicted octanol–water partition coefficient (Wildman–Crippen LogP) is 3.71. The molecule has 0 aliphatic rings. The predicted molar refractivity (Wildman–Crippen MR) is 73.4 cm³/mol. The Labute approximate surface area is 103 Å². The first-order chi connectivity index (χ1) is 8.92. The van der Waals surface area contributed by atoms with Crippen LogP contribution in [-0.2, 0) is 0 Å². The van der Waals surface area contributed by atoms with Gasteiger partial charge in [-0.25, -0.2) is 4.98 Å². The molecule has 0 unspecified atom stereocenters. The maximum atomic E-state index is 4.31. The van der Waals surface area contributed by atoms with E-state index in [2.05, 4.69) is 45.3 Å². The van der Waals surface area contributed by atoms with Gasteiger partial charge in [-0.2, -0.15) is 0 Å². The lowest BCUT2D eigenvalue weighted by molar-refractivity contribution is 1.33. The first-order valence-electron chi connectivity index (χ1n) is 5.92. The Balaban J connectivity index is 2.01. The second-order valence-electron chi connectivity index (χ2n) is 4.37. The summed E-state index contributed by atoms with van der Waals surface area (Å²) in [7, 11) is 0. The zero-order chi connectivity index (χ0) is 11.9. The van der Waals surface area contributed by atoms with Crippen molar-refractivity contribution in [3.05, 3.63) is 54.9 Å². The second-order valence-corrected chi connectivity index (χ2v) is 4.37. The molecule has 4 rings (SSSR count). The standard InChI is InChI=1S/C15H11N3/c1-2-6-13-10(4-1)8-14(18-13)12-9-17-15-11(12)5-3-7-16-15/h1-9,18H,(H,16,17). The fourth-order valence-corrected chi connectivity index (χ4v) is 2.40. The van der Waals surface area contributed by atoms with Gasteiger partial charge in [0.05, 0.1) is 0 Å². The Morgan fingerprint density at radius 2 is 1.94 bits per heavy atom. The SMILES string of the molecule is c1ccc2[nH]c(-c3c[nH]c4ncccc34)cc2c1. The van der Waals surface area contributed by atoms with E-state index in [1.807, 2.05) is 18.3 Å².